The number of H-pyrrole nitrogens is 1. The van der Waals surface area contributed by atoms with Crippen LogP contribution in [0, 0.1) is 0 Å². The quantitative estimate of drug-likeness (QED) is 0.247. The molecule has 2 heterocycles. The van der Waals surface area contributed by atoms with Crippen LogP contribution in [0.4, 0.5) is 0 Å². The van der Waals surface area contributed by atoms with E-state index in [1.165, 1.54) is 16.5 Å². The molecule has 150 valence electrons. The average Bonchev–Trinajstić information content (AvgIpc) is 3.11. The Morgan fingerprint density at radius 3 is 2.93 bits per heavy atom. The topological polar surface area (TPSA) is 92.2 Å². The van der Waals surface area contributed by atoms with Gasteiger partial charge in [0.1, 0.15) is 11.6 Å². The molecule has 6 nitrogen and oxygen atoms in total. The third-order valence-corrected chi connectivity index (χ3v) is 5.86. The van der Waals surface area contributed by atoms with Gasteiger partial charge in [-0.05, 0) is 42.6 Å². The van der Waals surface area contributed by atoms with Crippen molar-refractivity contribution < 1.29 is 9.53 Å². The van der Waals surface area contributed by atoms with E-state index in [1.807, 2.05) is 0 Å². The molecule has 7 heteroatoms. The van der Waals surface area contributed by atoms with E-state index in [0.717, 1.165) is 24.1 Å². The van der Waals surface area contributed by atoms with E-state index in [4.69, 9.17) is 22.8 Å². The van der Waals surface area contributed by atoms with Crippen molar-refractivity contribution >= 4 is 34.0 Å². The highest BCUT2D eigenvalue weighted by Crippen LogP contribution is 2.42. The first-order valence-corrected chi connectivity index (χ1v) is 10.1. The van der Waals surface area contributed by atoms with E-state index in [9.17, 15) is 4.79 Å². The monoisotopic (exact) mass is 400 g/mol. The molecule has 5 N–H and O–H groups in total. The summed E-state index contributed by atoms with van der Waals surface area (Å²) < 4.78 is 6.25. The lowest BCUT2D eigenvalue weighted by molar-refractivity contribution is -0.131. The number of rotatable bonds is 7. The van der Waals surface area contributed by atoms with Gasteiger partial charge in [-0.1, -0.05) is 38.1 Å². The second-order valence-electron chi connectivity index (χ2n) is 7.09. The minimum atomic E-state index is -0.685. The molecule has 0 bridgehead atoms. The molecule has 0 amide bonds. The molecular weight excluding hydrogens is 372 g/mol. The minimum Gasteiger partial charge on any atom is -0.368 e. The van der Waals surface area contributed by atoms with Crippen LogP contribution in [0.1, 0.15) is 43.5 Å². The number of nitrogens with one attached hydrogen (secondary N) is 3. The fraction of sp³-hybridized carbons (Fsp3) is 0.429. The fourth-order valence-corrected chi connectivity index (χ4v) is 4.21. The number of aromatic nitrogens is 1. The zero-order valence-electron chi connectivity index (χ0n) is 16.4. The van der Waals surface area contributed by atoms with Gasteiger partial charge in [-0.15, -0.1) is 6.58 Å². The zero-order valence-corrected chi connectivity index (χ0v) is 17.2. The molecule has 1 aromatic carbocycles. The van der Waals surface area contributed by atoms with Crippen LogP contribution in [0.3, 0.4) is 0 Å². The number of carbonyl (C=O) groups excluding carboxylic acids is 1. The summed E-state index contributed by atoms with van der Waals surface area (Å²) in [4.78, 5) is 16.7. The number of carbonyl (C=O) groups is 1. The number of aromatic amines is 1. The largest absolute Gasteiger partial charge is 0.368 e. The molecule has 1 aliphatic rings. The summed E-state index contributed by atoms with van der Waals surface area (Å²) in [6.45, 7) is 8.54. The maximum Gasteiger partial charge on any atom is 0.181 e. The second-order valence-corrected chi connectivity index (χ2v) is 7.50. The molecule has 1 aromatic heterocycles. The third-order valence-electron chi connectivity index (χ3n) is 5.63. The van der Waals surface area contributed by atoms with Crippen molar-refractivity contribution in [3.05, 3.63) is 47.7 Å². The van der Waals surface area contributed by atoms with Gasteiger partial charge in [-0.25, -0.2) is 5.84 Å². The molecule has 0 saturated carbocycles. The Kier molecular flexibility index (Phi) is 6.17. The summed E-state index contributed by atoms with van der Waals surface area (Å²) >= 11 is 5.03. The summed E-state index contributed by atoms with van der Waals surface area (Å²) in [6.07, 6.45) is 4.23. The first kappa shape index (κ1) is 20.5. The van der Waals surface area contributed by atoms with Crippen molar-refractivity contribution in [1.82, 2.24) is 15.7 Å². The Labute approximate surface area is 170 Å². The Morgan fingerprint density at radius 2 is 2.29 bits per heavy atom. The summed E-state index contributed by atoms with van der Waals surface area (Å²) in [5.41, 5.74) is 6.36. The normalized spacial score (nSPS) is 19.7. The van der Waals surface area contributed by atoms with Crippen LogP contribution in [0.2, 0.25) is 0 Å². The van der Waals surface area contributed by atoms with E-state index < -0.39 is 11.6 Å². The number of fused-ring (bicyclic) bond motifs is 3. The van der Waals surface area contributed by atoms with E-state index in [2.05, 4.69) is 54.4 Å². The summed E-state index contributed by atoms with van der Waals surface area (Å²) in [5.74, 6) is 5.27. The number of nitrogens with two attached hydrogens (primary N) is 1. The third kappa shape index (κ3) is 3.57. The molecule has 2 atom stereocenters. The van der Waals surface area contributed by atoms with Crippen LogP contribution < -0.4 is 16.6 Å². The first-order chi connectivity index (χ1) is 13.5. The maximum atomic E-state index is 13.1. The van der Waals surface area contributed by atoms with Crippen molar-refractivity contribution in [3.63, 3.8) is 0 Å². The molecule has 0 fully saturated rings. The van der Waals surface area contributed by atoms with E-state index >= 15 is 0 Å². The molecule has 3 rings (SSSR count). The number of ether oxygens (including phenoxy) is 1. The number of aryl methyl sites for hydroxylation is 1. The number of ketones is 1. The number of benzene rings is 1. The van der Waals surface area contributed by atoms with Crippen molar-refractivity contribution in [3.8, 4) is 0 Å². The zero-order chi connectivity index (χ0) is 20.3. The SMILES string of the molecule is C=CC(NC(=S)NN)C(=O)CC1(CC)OCCc2c1[nH]c1c(CC)cccc21. The molecular formula is C21H28N4O2S. The van der Waals surface area contributed by atoms with Crippen LogP contribution in [0.5, 0.6) is 0 Å². The Morgan fingerprint density at radius 1 is 1.50 bits per heavy atom. The van der Waals surface area contributed by atoms with Crippen molar-refractivity contribution in [2.24, 2.45) is 5.84 Å². The van der Waals surface area contributed by atoms with Crippen LogP contribution in [-0.4, -0.2) is 28.5 Å². The molecule has 0 spiro atoms. The van der Waals surface area contributed by atoms with Crippen molar-refractivity contribution in [2.75, 3.05) is 6.61 Å². The Hall–Kier alpha value is -2.22. The smallest absolute Gasteiger partial charge is 0.181 e. The van der Waals surface area contributed by atoms with Gasteiger partial charge in [0, 0.05) is 17.3 Å². The number of thiocarbonyl (C=S) groups is 1. The first-order valence-electron chi connectivity index (χ1n) is 9.68. The maximum absolute atomic E-state index is 13.1. The van der Waals surface area contributed by atoms with E-state index in [-0.39, 0.29) is 17.3 Å². The van der Waals surface area contributed by atoms with Crippen molar-refractivity contribution in [2.45, 2.75) is 51.2 Å². The highest BCUT2D eigenvalue weighted by Gasteiger charge is 2.41. The highest BCUT2D eigenvalue weighted by atomic mass is 32.1. The number of hydrogen-bond acceptors (Lipinski definition) is 4. The number of para-hydroxylation sites is 1. The molecule has 2 unspecified atom stereocenters. The van der Waals surface area contributed by atoms with Gasteiger partial charge in [-0.3, -0.25) is 4.79 Å². The summed E-state index contributed by atoms with van der Waals surface area (Å²) in [6, 6.07) is 5.76. The molecule has 1 aliphatic heterocycles. The lowest BCUT2D eigenvalue weighted by atomic mass is 9.83. The van der Waals surface area contributed by atoms with Crippen molar-refractivity contribution in [1.29, 1.82) is 0 Å². The van der Waals surface area contributed by atoms with Gasteiger partial charge in [-0.2, -0.15) is 0 Å². The van der Waals surface area contributed by atoms with Gasteiger partial charge in [0.2, 0.25) is 0 Å². The fourth-order valence-electron chi connectivity index (χ4n) is 4.09. The second kappa shape index (κ2) is 8.43. The lowest BCUT2D eigenvalue weighted by Crippen LogP contribution is -2.49. The Bertz CT molecular complexity index is 907. The van der Waals surface area contributed by atoms with Gasteiger partial charge >= 0.3 is 0 Å². The van der Waals surface area contributed by atoms with Gasteiger partial charge in [0.05, 0.1) is 12.3 Å². The van der Waals surface area contributed by atoms with Crippen LogP contribution in [0.25, 0.3) is 10.9 Å². The number of hydrogen-bond donors (Lipinski definition) is 4. The molecule has 0 radical (unpaired) electrons. The molecule has 2 aromatic rings. The predicted molar refractivity (Wildman–Crippen MR) is 116 cm³/mol. The van der Waals surface area contributed by atoms with Gasteiger partial charge < -0.3 is 20.5 Å². The van der Waals surface area contributed by atoms with Crippen LogP contribution in [0.15, 0.2) is 30.9 Å². The van der Waals surface area contributed by atoms with E-state index in [1.54, 1.807) is 6.08 Å². The average molecular weight is 401 g/mol. The Balaban J connectivity index is 2.00. The molecule has 28 heavy (non-hydrogen) atoms. The van der Waals surface area contributed by atoms with Gasteiger partial charge in [0.15, 0.2) is 10.9 Å². The summed E-state index contributed by atoms with van der Waals surface area (Å²) in [5, 5.41) is 4.31. The van der Waals surface area contributed by atoms with Crippen LogP contribution >= 0.6 is 12.2 Å². The van der Waals surface area contributed by atoms with Crippen LogP contribution in [-0.2, 0) is 28.0 Å². The van der Waals surface area contributed by atoms with E-state index in [0.29, 0.717) is 13.0 Å². The molecule has 0 saturated heterocycles. The summed E-state index contributed by atoms with van der Waals surface area (Å²) in [7, 11) is 0. The predicted octanol–water partition coefficient (Wildman–Crippen LogP) is 2.76. The van der Waals surface area contributed by atoms with Gasteiger partial charge in [0.25, 0.3) is 0 Å². The number of hydrazine groups is 1. The minimum absolute atomic E-state index is 0.0447. The highest BCUT2D eigenvalue weighted by molar-refractivity contribution is 7.80. The molecule has 0 aliphatic carbocycles. The number of Topliss-reactive ketones (excluding diaryl/α,β-unsaturated/α-hetero) is 1. The lowest BCUT2D eigenvalue weighted by Gasteiger charge is -2.37. The standard InChI is InChI=1S/C21H28N4O2S/c1-4-13-8-7-9-14-15-10-11-27-21(6-3,19(15)24-18(13)14)12-17(26)16(5-2)23-20(28)25-22/h5,7-9,16,24H,2,4,6,10-12,22H2,1,3H3,(H2,23,25,28).